The van der Waals surface area contributed by atoms with Crippen molar-refractivity contribution in [1.82, 2.24) is 5.32 Å². The molecule has 1 unspecified atom stereocenters. The predicted octanol–water partition coefficient (Wildman–Crippen LogP) is 5.05. The van der Waals surface area contributed by atoms with Crippen molar-refractivity contribution in [1.29, 1.82) is 0 Å². The molecule has 0 saturated carbocycles. The molecule has 0 fully saturated rings. The maximum atomic E-state index is 13.6. The Kier molecular flexibility index (Phi) is 5.02. The van der Waals surface area contributed by atoms with Crippen LogP contribution in [0.25, 0.3) is 0 Å². The first-order valence-corrected chi connectivity index (χ1v) is 7.30. The predicted molar refractivity (Wildman–Crippen MR) is 79.4 cm³/mol. The highest BCUT2D eigenvalue weighted by atomic mass is 35.5. The highest BCUT2D eigenvalue weighted by molar-refractivity contribution is 7.99. The van der Waals surface area contributed by atoms with Gasteiger partial charge in [-0.2, -0.15) is 0 Å². The molecule has 0 saturated heterocycles. The van der Waals surface area contributed by atoms with Crippen molar-refractivity contribution in [3.05, 3.63) is 58.6 Å². The van der Waals surface area contributed by atoms with Crippen molar-refractivity contribution in [2.45, 2.75) is 22.8 Å². The van der Waals surface area contributed by atoms with E-state index in [1.54, 1.807) is 6.07 Å². The maximum Gasteiger partial charge on any atom is 0.140 e. The summed E-state index contributed by atoms with van der Waals surface area (Å²) in [7, 11) is 1.86. The van der Waals surface area contributed by atoms with Crippen molar-refractivity contribution >= 4 is 23.4 Å². The SMILES string of the molecule is CNC(C)c1ccc(Sc2ccc(F)cc2F)cc1Cl. The second-order valence-corrected chi connectivity index (χ2v) is 5.89. The zero-order valence-corrected chi connectivity index (χ0v) is 12.7. The minimum Gasteiger partial charge on any atom is -0.313 e. The summed E-state index contributed by atoms with van der Waals surface area (Å²) in [5, 5.41) is 3.74. The van der Waals surface area contributed by atoms with Crippen LogP contribution in [0.4, 0.5) is 8.78 Å². The van der Waals surface area contributed by atoms with Crippen molar-refractivity contribution in [3.8, 4) is 0 Å². The molecule has 0 aliphatic heterocycles. The molecule has 1 N–H and O–H groups in total. The molecule has 0 aliphatic rings. The Bertz CT molecular complexity index is 619. The van der Waals surface area contributed by atoms with E-state index in [-0.39, 0.29) is 6.04 Å². The first-order valence-electron chi connectivity index (χ1n) is 6.11. The number of rotatable bonds is 4. The van der Waals surface area contributed by atoms with Crippen molar-refractivity contribution < 1.29 is 8.78 Å². The lowest BCUT2D eigenvalue weighted by Gasteiger charge is -2.13. The van der Waals surface area contributed by atoms with Crippen LogP contribution < -0.4 is 5.32 Å². The molecular formula is C15H14ClF2NS. The van der Waals surface area contributed by atoms with Crippen molar-refractivity contribution in [2.24, 2.45) is 0 Å². The summed E-state index contributed by atoms with van der Waals surface area (Å²) in [4.78, 5) is 1.18. The Morgan fingerprint density at radius 3 is 2.50 bits per heavy atom. The normalized spacial score (nSPS) is 12.4. The number of halogens is 3. The van der Waals surface area contributed by atoms with E-state index in [1.165, 1.54) is 23.9 Å². The van der Waals surface area contributed by atoms with Crippen molar-refractivity contribution in [3.63, 3.8) is 0 Å². The summed E-state index contributed by atoms with van der Waals surface area (Å²) in [5.41, 5.74) is 0.984. The first-order chi connectivity index (χ1) is 9.51. The van der Waals surface area contributed by atoms with Gasteiger partial charge in [-0.25, -0.2) is 8.78 Å². The van der Waals surface area contributed by atoms with E-state index < -0.39 is 11.6 Å². The van der Waals surface area contributed by atoms with E-state index in [1.807, 2.05) is 26.1 Å². The van der Waals surface area contributed by atoms with Gasteiger partial charge >= 0.3 is 0 Å². The quantitative estimate of drug-likeness (QED) is 0.847. The van der Waals surface area contributed by atoms with Crippen LogP contribution in [0.1, 0.15) is 18.5 Å². The van der Waals surface area contributed by atoms with Gasteiger partial charge in [0.15, 0.2) is 0 Å². The molecule has 0 amide bonds. The molecule has 5 heteroatoms. The van der Waals surface area contributed by atoms with Crippen LogP contribution in [-0.2, 0) is 0 Å². The highest BCUT2D eigenvalue weighted by Gasteiger charge is 2.10. The summed E-state index contributed by atoms with van der Waals surface area (Å²) in [6.07, 6.45) is 0. The smallest absolute Gasteiger partial charge is 0.140 e. The maximum absolute atomic E-state index is 13.6. The molecule has 0 radical (unpaired) electrons. The average molecular weight is 314 g/mol. The summed E-state index contributed by atoms with van der Waals surface area (Å²) < 4.78 is 26.4. The van der Waals surface area contributed by atoms with Gasteiger partial charge in [-0.15, -0.1) is 0 Å². The standard InChI is InChI=1S/C15H14ClF2NS/c1-9(19-2)12-5-4-11(8-13(12)16)20-15-6-3-10(17)7-14(15)18/h3-9,19H,1-2H3. The first kappa shape index (κ1) is 15.3. The molecule has 1 atom stereocenters. The van der Waals surface area contributed by atoms with Gasteiger partial charge in [0.25, 0.3) is 0 Å². The highest BCUT2D eigenvalue weighted by Crippen LogP contribution is 2.34. The molecule has 1 nitrogen and oxygen atoms in total. The summed E-state index contributed by atoms with van der Waals surface area (Å²) in [6, 6.07) is 9.26. The molecule has 106 valence electrons. The van der Waals surface area contributed by atoms with Crippen LogP contribution in [0.5, 0.6) is 0 Å². The molecule has 0 aliphatic carbocycles. The number of nitrogens with one attached hydrogen (secondary N) is 1. The fourth-order valence-electron chi connectivity index (χ4n) is 1.76. The Balaban J connectivity index is 2.24. The van der Waals surface area contributed by atoms with Gasteiger partial charge in [0.2, 0.25) is 0 Å². The Morgan fingerprint density at radius 2 is 1.90 bits per heavy atom. The third kappa shape index (κ3) is 3.51. The number of hydrogen-bond acceptors (Lipinski definition) is 2. The van der Waals surface area contributed by atoms with Crippen LogP contribution in [0.3, 0.4) is 0 Å². The van der Waals surface area contributed by atoms with Gasteiger partial charge in [0, 0.05) is 26.9 Å². The zero-order chi connectivity index (χ0) is 14.7. The monoisotopic (exact) mass is 313 g/mol. The molecule has 20 heavy (non-hydrogen) atoms. The van der Waals surface area contributed by atoms with Crippen LogP contribution in [0, 0.1) is 11.6 Å². The molecule has 0 heterocycles. The molecule has 0 spiro atoms. The van der Waals surface area contributed by atoms with Crippen LogP contribution in [0.15, 0.2) is 46.2 Å². The lowest BCUT2D eigenvalue weighted by molar-refractivity contribution is 0.565. The van der Waals surface area contributed by atoms with Gasteiger partial charge < -0.3 is 5.32 Å². The van der Waals surface area contributed by atoms with Crippen LogP contribution in [-0.4, -0.2) is 7.05 Å². The fraction of sp³-hybridized carbons (Fsp3) is 0.200. The summed E-state index contributed by atoms with van der Waals surface area (Å²) in [6.45, 7) is 2.01. The van der Waals surface area contributed by atoms with Crippen LogP contribution >= 0.6 is 23.4 Å². The van der Waals surface area contributed by atoms with E-state index in [0.717, 1.165) is 16.5 Å². The van der Waals surface area contributed by atoms with E-state index in [4.69, 9.17) is 11.6 Å². The zero-order valence-electron chi connectivity index (χ0n) is 11.1. The second-order valence-electron chi connectivity index (χ2n) is 4.37. The van der Waals surface area contributed by atoms with Gasteiger partial charge in [0.1, 0.15) is 11.6 Å². The molecule has 2 aromatic rings. The minimum atomic E-state index is -0.580. The number of hydrogen-bond donors (Lipinski definition) is 1. The largest absolute Gasteiger partial charge is 0.313 e. The summed E-state index contributed by atoms with van der Waals surface area (Å²) >= 11 is 7.45. The van der Waals surface area contributed by atoms with E-state index in [9.17, 15) is 8.78 Å². The van der Waals surface area contributed by atoms with Gasteiger partial charge in [-0.1, -0.05) is 29.4 Å². The van der Waals surface area contributed by atoms with Gasteiger partial charge in [-0.05, 0) is 43.8 Å². The van der Waals surface area contributed by atoms with E-state index in [2.05, 4.69) is 5.32 Å². The lowest BCUT2D eigenvalue weighted by atomic mass is 10.1. The topological polar surface area (TPSA) is 12.0 Å². The third-order valence-electron chi connectivity index (χ3n) is 2.99. The van der Waals surface area contributed by atoms with Crippen LogP contribution in [0.2, 0.25) is 5.02 Å². The van der Waals surface area contributed by atoms with E-state index >= 15 is 0 Å². The summed E-state index contributed by atoms with van der Waals surface area (Å²) in [5.74, 6) is -1.15. The molecule has 2 aromatic carbocycles. The second kappa shape index (κ2) is 6.57. The molecule has 0 bridgehead atoms. The fourth-order valence-corrected chi connectivity index (χ4v) is 3.03. The third-order valence-corrected chi connectivity index (χ3v) is 4.36. The van der Waals surface area contributed by atoms with E-state index in [0.29, 0.717) is 9.92 Å². The minimum absolute atomic E-state index is 0.143. The Morgan fingerprint density at radius 1 is 1.15 bits per heavy atom. The molecule has 2 rings (SSSR count). The molecule has 0 aromatic heterocycles. The Hall–Kier alpha value is -1.10. The van der Waals surface area contributed by atoms with Gasteiger partial charge in [-0.3, -0.25) is 0 Å². The van der Waals surface area contributed by atoms with Gasteiger partial charge in [0.05, 0.1) is 0 Å². The van der Waals surface area contributed by atoms with Crippen molar-refractivity contribution in [2.75, 3.05) is 7.05 Å². The number of benzene rings is 2. The average Bonchev–Trinajstić information content (AvgIpc) is 2.41. The Labute approximate surface area is 126 Å². The lowest BCUT2D eigenvalue weighted by Crippen LogP contribution is -2.12. The molecular weight excluding hydrogens is 300 g/mol.